The van der Waals surface area contributed by atoms with Crippen molar-refractivity contribution in [3.63, 3.8) is 0 Å². The van der Waals surface area contributed by atoms with Gasteiger partial charge in [-0.15, -0.1) is 0 Å². The average Bonchev–Trinajstić information content (AvgIpc) is 2.74. The summed E-state index contributed by atoms with van der Waals surface area (Å²) < 4.78 is 0. The van der Waals surface area contributed by atoms with E-state index in [1.807, 2.05) is 13.8 Å². The molecule has 2 amide bonds. The molecule has 1 aliphatic rings. The molecule has 1 atom stereocenters. The SMILES string of the molecule is CC(=O)NC(C(=O)NC1(CO)CCCC1)C(C)C. The summed E-state index contributed by atoms with van der Waals surface area (Å²) in [6.07, 6.45) is 3.65. The highest BCUT2D eigenvalue weighted by Gasteiger charge is 2.37. The number of hydrogen-bond donors (Lipinski definition) is 3. The van der Waals surface area contributed by atoms with Crippen molar-refractivity contribution in [1.82, 2.24) is 10.6 Å². The van der Waals surface area contributed by atoms with Crippen LogP contribution in [0.5, 0.6) is 0 Å². The Morgan fingerprint density at radius 3 is 2.22 bits per heavy atom. The Balaban J connectivity index is 2.68. The van der Waals surface area contributed by atoms with E-state index in [0.29, 0.717) is 0 Å². The molecule has 0 spiro atoms. The van der Waals surface area contributed by atoms with Crippen molar-refractivity contribution in [3.05, 3.63) is 0 Å². The first-order valence-corrected chi connectivity index (χ1v) is 6.60. The van der Waals surface area contributed by atoms with Crippen LogP contribution in [0, 0.1) is 5.92 Å². The van der Waals surface area contributed by atoms with Crippen molar-refractivity contribution >= 4 is 11.8 Å². The van der Waals surface area contributed by atoms with Gasteiger partial charge in [-0.1, -0.05) is 26.7 Å². The van der Waals surface area contributed by atoms with Gasteiger partial charge in [0, 0.05) is 6.92 Å². The molecule has 1 rings (SSSR count). The smallest absolute Gasteiger partial charge is 0.243 e. The average molecular weight is 256 g/mol. The molecule has 5 nitrogen and oxygen atoms in total. The molecule has 1 unspecified atom stereocenters. The van der Waals surface area contributed by atoms with Crippen LogP contribution < -0.4 is 10.6 Å². The van der Waals surface area contributed by atoms with Crippen molar-refractivity contribution in [2.45, 2.75) is 58.0 Å². The highest BCUT2D eigenvalue weighted by Crippen LogP contribution is 2.29. The van der Waals surface area contributed by atoms with E-state index in [1.54, 1.807) is 0 Å². The highest BCUT2D eigenvalue weighted by atomic mass is 16.3. The lowest BCUT2D eigenvalue weighted by Gasteiger charge is -2.31. The van der Waals surface area contributed by atoms with Crippen LogP contribution in [0.3, 0.4) is 0 Å². The maximum absolute atomic E-state index is 12.2. The lowest BCUT2D eigenvalue weighted by atomic mass is 9.96. The van der Waals surface area contributed by atoms with Crippen LogP contribution in [-0.4, -0.2) is 35.1 Å². The van der Waals surface area contributed by atoms with E-state index in [9.17, 15) is 14.7 Å². The minimum Gasteiger partial charge on any atom is -0.394 e. The van der Waals surface area contributed by atoms with E-state index in [0.717, 1.165) is 25.7 Å². The summed E-state index contributed by atoms with van der Waals surface area (Å²) in [5.74, 6) is -0.393. The Bertz CT molecular complexity index is 309. The van der Waals surface area contributed by atoms with Gasteiger partial charge in [-0.3, -0.25) is 9.59 Å². The van der Waals surface area contributed by atoms with Gasteiger partial charge in [-0.25, -0.2) is 0 Å². The van der Waals surface area contributed by atoms with Gasteiger partial charge in [-0.2, -0.15) is 0 Å². The highest BCUT2D eigenvalue weighted by molar-refractivity contribution is 5.87. The number of carbonyl (C=O) groups excluding carboxylic acids is 2. The van der Waals surface area contributed by atoms with Crippen molar-refractivity contribution in [1.29, 1.82) is 0 Å². The van der Waals surface area contributed by atoms with Crippen LogP contribution >= 0.6 is 0 Å². The van der Waals surface area contributed by atoms with Gasteiger partial charge in [0.1, 0.15) is 6.04 Å². The number of nitrogens with one attached hydrogen (secondary N) is 2. The summed E-state index contributed by atoms with van der Waals surface area (Å²) in [5, 5.41) is 15.1. The van der Waals surface area contributed by atoms with Crippen molar-refractivity contribution < 1.29 is 14.7 Å². The van der Waals surface area contributed by atoms with Gasteiger partial charge in [0.05, 0.1) is 12.1 Å². The minimum absolute atomic E-state index is 0.0195. The number of aliphatic hydroxyl groups is 1. The van der Waals surface area contributed by atoms with Crippen molar-refractivity contribution in [3.8, 4) is 0 Å². The van der Waals surface area contributed by atoms with E-state index >= 15 is 0 Å². The van der Waals surface area contributed by atoms with Crippen molar-refractivity contribution in [2.24, 2.45) is 5.92 Å². The van der Waals surface area contributed by atoms with Crippen LogP contribution in [0.4, 0.5) is 0 Å². The van der Waals surface area contributed by atoms with Crippen LogP contribution in [0.25, 0.3) is 0 Å². The molecule has 0 saturated heterocycles. The second kappa shape index (κ2) is 6.18. The molecule has 3 N–H and O–H groups in total. The molecular weight excluding hydrogens is 232 g/mol. The van der Waals surface area contributed by atoms with E-state index in [4.69, 9.17) is 0 Å². The normalized spacial score (nSPS) is 19.6. The van der Waals surface area contributed by atoms with Crippen molar-refractivity contribution in [2.75, 3.05) is 6.61 Å². The molecule has 1 saturated carbocycles. The Kier molecular flexibility index (Phi) is 5.14. The molecule has 1 fully saturated rings. The Morgan fingerprint density at radius 2 is 1.83 bits per heavy atom. The molecule has 0 radical (unpaired) electrons. The van der Waals surface area contributed by atoms with E-state index < -0.39 is 11.6 Å². The fourth-order valence-electron chi connectivity index (χ4n) is 2.47. The lowest BCUT2D eigenvalue weighted by molar-refractivity contribution is -0.131. The summed E-state index contributed by atoms with van der Waals surface area (Å²) in [6.45, 7) is 5.14. The van der Waals surface area contributed by atoms with E-state index in [-0.39, 0.29) is 24.3 Å². The van der Waals surface area contributed by atoms with Crippen LogP contribution in [0.15, 0.2) is 0 Å². The number of carbonyl (C=O) groups is 2. The molecule has 5 heteroatoms. The maximum Gasteiger partial charge on any atom is 0.243 e. The predicted molar refractivity (Wildman–Crippen MR) is 68.9 cm³/mol. The van der Waals surface area contributed by atoms with E-state index in [2.05, 4.69) is 10.6 Å². The van der Waals surface area contributed by atoms with Gasteiger partial charge < -0.3 is 15.7 Å². The first-order chi connectivity index (χ1) is 8.40. The third-order valence-corrected chi connectivity index (χ3v) is 3.56. The third kappa shape index (κ3) is 3.70. The quantitative estimate of drug-likeness (QED) is 0.673. The van der Waals surface area contributed by atoms with Gasteiger partial charge >= 0.3 is 0 Å². The number of rotatable bonds is 5. The standard InChI is InChI=1S/C13H24N2O3/c1-9(2)11(14-10(3)17)12(18)15-13(8-16)6-4-5-7-13/h9,11,16H,4-8H2,1-3H3,(H,14,17)(H,15,18). The number of hydrogen-bond acceptors (Lipinski definition) is 3. The predicted octanol–water partition coefficient (Wildman–Crippen LogP) is 0.568. The maximum atomic E-state index is 12.2. The summed E-state index contributed by atoms with van der Waals surface area (Å²) >= 11 is 0. The summed E-state index contributed by atoms with van der Waals surface area (Å²) in [6, 6.07) is -0.536. The fourth-order valence-corrected chi connectivity index (χ4v) is 2.47. The van der Waals surface area contributed by atoms with E-state index in [1.165, 1.54) is 6.92 Å². The molecule has 0 aromatic carbocycles. The molecule has 0 aromatic rings. The van der Waals surface area contributed by atoms with Crippen LogP contribution in [0.2, 0.25) is 0 Å². The zero-order valence-corrected chi connectivity index (χ0v) is 11.5. The molecule has 18 heavy (non-hydrogen) atoms. The number of aliphatic hydroxyl groups excluding tert-OH is 1. The Hall–Kier alpha value is -1.10. The molecule has 0 bridgehead atoms. The fraction of sp³-hybridized carbons (Fsp3) is 0.846. The molecule has 0 aromatic heterocycles. The Labute approximate surface area is 108 Å². The molecular formula is C13H24N2O3. The van der Waals surface area contributed by atoms with Gasteiger partial charge in [0.15, 0.2) is 0 Å². The second-order valence-electron chi connectivity index (χ2n) is 5.56. The zero-order chi connectivity index (χ0) is 13.8. The lowest BCUT2D eigenvalue weighted by Crippen LogP contribution is -2.57. The Morgan fingerprint density at radius 1 is 1.28 bits per heavy atom. The first kappa shape index (κ1) is 15.0. The van der Waals surface area contributed by atoms with Gasteiger partial charge in [0.2, 0.25) is 11.8 Å². The zero-order valence-electron chi connectivity index (χ0n) is 11.5. The van der Waals surface area contributed by atoms with Crippen LogP contribution in [-0.2, 0) is 9.59 Å². The summed E-state index contributed by atoms with van der Waals surface area (Å²) in [7, 11) is 0. The minimum atomic E-state index is -0.536. The summed E-state index contributed by atoms with van der Waals surface area (Å²) in [5.41, 5.74) is -0.483. The van der Waals surface area contributed by atoms with Crippen LogP contribution in [0.1, 0.15) is 46.5 Å². The topological polar surface area (TPSA) is 78.4 Å². The number of amides is 2. The summed E-state index contributed by atoms with van der Waals surface area (Å²) in [4.78, 5) is 23.3. The monoisotopic (exact) mass is 256 g/mol. The second-order valence-corrected chi connectivity index (χ2v) is 5.56. The third-order valence-electron chi connectivity index (χ3n) is 3.56. The molecule has 0 aliphatic heterocycles. The molecule has 0 heterocycles. The first-order valence-electron chi connectivity index (χ1n) is 6.60. The molecule has 1 aliphatic carbocycles. The largest absolute Gasteiger partial charge is 0.394 e. The molecule has 104 valence electrons. The van der Waals surface area contributed by atoms with Gasteiger partial charge in [0.25, 0.3) is 0 Å². The van der Waals surface area contributed by atoms with Gasteiger partial charge in [-0.05, 0) is 18.8 Å².